The van der Waals surface area contributed by atoms with E-state index in [4.69, 9.17) is 9.98 Å². The van der Waals surface area contributed by atoms with Gasteiger partial charge in [0.1, 0.15) is 11.7 Å². The average Bonchev–Trinajstić information content (AvgIpc) is 2.69. The van der Waals surface area contributed by atoms with Gasteiger partial charge in [0.2, 0.25) is 0 Å². The van der Waals surface area contributed by atoms with Gasteiger partial charge in [0.05, 0.1) is 0 Å². The molecule has 1 N–H and O–H groups in total. The zero-order chi connectivity index (χ0) is 17.1. The van der Waals surface area contributed by atoms with Gasteiger partial charge in [-0.2, -0.15) is 0 Å². The number of hydrogen-bond acceptors (Lipinski definition) is 4. The molecule has 25 heavy (non-hydrogen) atoms. The van der Waals surface area contributed by atoms with Crippen molar-refractivity contribution >= 4 is 11.7 Å². The molecule has 3 aromatic rings. The third-order valence-corrected chi connectivity index (χ3v) is 4.07. The van der Waals surface area contributed by atoms with Crippen LogP contribution < -0.4 is 5.32 Å². The molecule has 0 radical (unpaired) electrons. The van der Waals surface area contributed by atoms with Crippen molar-refractivity contribution in [1.29, 1.82) is 0 Å². The molecule has 0 bridgehead atoms. The van der Waals surface area contributed by atoms with E-state index in [0.717, 1.165) is 34.1 Å². The van der Waals surface area contributed by atoms with E-state index in [1.165, 1.54) is 0 Å². The summed E-state index contributed by atoms with van der Waals surface area (Å²) in [4.78, 5) is 14.0. The second kappa shape index (κ2) is 6.69. The number of pyridine rings is 1. The quantitative estimate of drug-likeness (QED) is 0.794. The van der Waals surface area contributed by atoms with Gasteiger partial charge in [-0.05, 0) is 24.6 Å². The third kappa shape index (κ3) is 3.33. The van der Waals surface area contributed by atoms with Gasteiger partial charge in [0.25, 0.3) is 0 Å². The zero-order valence-corrected chi connectivity index (χ0v) is 13.9. The van der Waals surface area contributed by atoms with Gasteiger partial charge < -0.3 is 5.32 Å². The Morgan fingerprint density at radius 2 is 1.36 bits per heavy atom. The molecule has 0 saturated heterocycles. The summed E-state index contributed by atoms with van der Waals surface area (Å²) in [5.74, 6) is 1.61. The molecule has 0 fully saturated rings. The Kier molecular flexibility index (Phi) is 4.09. The summed E-state index contributed by atoms with van der Waals surface area (Å²) in [6, 6.07) is 24.3. The molecule has 0 spiro atoms. The van der Waals surface area contributed by atoms with E-state index in [1.54, 1.807) is 0 Å². The molecule has 0 aliphatic carbocycles. The molecule has 2 aromatic carbocycles. The largest absolute Gasteiger partial charge is 0.324 e. The fourth-order valence-corrected chi connectivity index (χ4v) is 2.72. The first-order valence-electron chi connectivity index (χ1n) is 8.25. The molecule has 0 saturated carbocycles. The van der Waals surface area contributed by atoms with Gasteiger partial charge in [-0.1, -0.05) is 60.7 Å². The minimum absolute atomic E-state index is 0.269. The van der Waals surface area contributed by atoms with Crippen LogP contribution in [0.5, 0.6) is 0 Å². The highest BCUT2D eigenvalue weighted by Gasteiger charge is 2.20. The molecule has 1 aliphatic rings. The van der Waals surface area contributed by atoms with Gasteiger partial charge in [-0.3, -0.25) is 4.98 Å². The summed E-state index contributed by atoms with van der Waals surface area (Å²) >= 11 is 0. The molecule has 1 unspecified atom stereocenters. The standard InChI is InChI=1S/C21H18N4/c1-15-12-13-18(14-22-15)21-24-19(16-8-4-2-5-9-16)23-20(25-21)17-10-6-3-7-11-17/h2-14,19H,1H3,(H,23,24,25). The maximum absolute atomic E-state index is 4.81. The number of rotatable bonds is 3. The number of hydrogen-bond donors (Lipinski definition) is 1. The second-order valence-corrected chi connectivity index (χ2v) is 5.92. The van der Waals surface area contributed by atoms with Gasteiger partial charge in [0.15, 0.2) is 6.17 Å². The minimum atomic E-state index is -0.269. The topological polar surface area (TPSA) is 49.6 Å². The van der Waals surface area contributed by atoms with Crippen molar-refractivity contribution in [2.45, 2.75) is 13.1 Å². The van der Waals surface area contributed by atoms with E-state index < -0.39 is 0 Å². The van der Waals surface area contributed by atoms with E-state index in [-0.39, 0.29) is 6.17 Å². The van der Waals surface area contributed by atoms with Crippen LogP contribution in [0.1, 0.15) is 28.6 Å². The molecule has 1 aromatic heterocycles. The van der Waals surface area contributed by atoms with Crippen LogP contribution in [0.2, 0.25) is 0 Å². The first-order chi connectivity index (χ1) is 12.3. The predicted octanol–water partition coefficient (Wildman–Crippen LogP) is 3.89. The van der Waals surface area contributed by atoms with Crippen LogP contribution in [-0.4, -0.2) is 16.7 Å². The molecule has 4 heteroatoms. The first kappa shape index (κ1) is 15.3. The number of nitrogens with one attached hydrogen (secondary N) is 1. The van der Waals surface area contributed by atoms with Crippen LogP contribution in [0.4, 0.5) is 0 Å². The molecule has 4 nitrogen and oxygen atoms in total. The maximum Gasteiger partial charge on any atom is 0.169 e. The summed E-state index contributed by atoms with van der Waals surface area (Å²) in [5, 5.41) is 3.37. The highest BCUT2D eigenvalue weighted by atomic mass is 15.2. The van der Waals surface area contributed by atoms with E-state index in [0.29, 0.717) is 0 Å². The number of aryl methyl sites for hydroxylation is 1. The Morgan fingerprint density at radius 3 is 2.00 bits per heavy atom. The fraction of sp³-hybridized carbons (Fsp3) is 0.0952. The van der Waals surface area contributed by atoms with Crippen LogP contribution in [0, 0.1) is 6.92 Å². The smallest absolute Gasteiger partial charge is 0.169 e. The molecule has 122 valence electrons. The van der Waals surface area contributed by atoms with Crippen molar-refractivity contribution in [2.24, 2.45) is 9.98 Å². The molecule has 2 heterocycles. The van der Waals surface area contributed by atoms with Gasteiger partial charge in [-0.25, -0.2) is 9.98 Å². The lowest BCUT2D eigenvalue weighted by Gasteiger charge is -2.22. The summed E-state index contributed by atoms with van der Waals surface area (Å²) in [5.41, 5.74) is 4.04. The number of amidine groups is 2. The summed E-state index contributed by atoms with van der Waals surface area (Å²) in [6.45, 7) is 1.98. The molecule has 1 aliphatic heterocycles. The van der Waals surface area contributed by atoms with Crippen molar-refractivity contribution in [2.75, 3.05) is 0 Å². The molecule has 1 atom stereocenters. The number of aliphatic imine (C=N–C) groups is 2. The van der Waals surface area contributed by atoms with E-state index in [9.17, 15) is 0 Å². The van der Waals surface area contributed by atoms with Crippen LogP contribution in [0.25, 0.3) is 0 Å². The van der Waals surface area contributed by atoms with E-state index in [2.05, 4.69) is 22.4 Å². The molecule has 4 rings (SSSR count). The third-order valence-electron chi connectivity index (χ3n) is 4.07. The van der Waals surface area contributed by atoms with Crippen LogP contribution in [0.15, 0.2) is 89.0 Å². The lowest BCUT2D eigenvalue weighted by molar-refractivity contribution is 0.755. The van der Waals surface area contributed by atoms with Gasteiger partial charge >= 0.3 is 0 Å². The van der Waals surface area contributed by atoms with Crippen molar-refractivity contribution in [3.63, 3.8) is 0 Å². The van der Waals surface area contributed by atoms with Crippen LogP contribution in [0.3, 0.4) is 0 Å². The number of aromatic nitrogens is 1. The normalized spacial score (nSPS) is 16.6. The van der Waals surface area contributed by atoms with Crippen molar-refractivity contribution < 1.29 is 0 Å². The van der Waals surface area contributed by atoms with Crippen LogP contribution in [-0.2, 0) is 0 Å². The van der Waals surface area contributed by atoms with Crippen molar-refractivity contribution in [1.82, 2.24) is 10.3 Å². The van der Waals surface area contributed by atoms with Crippen molar-refractivity contribution in [3.05, 3.63) is 101 Å². The number of nitrogens with zero attached hydrogens (tertiary/aromatic N) is 3. The fourth-order valence-electron chi connectivity index (χ4n) is 2.72. The van der Waals surface area contributed by atoms with Crippen molar-refractivity contribution in [3.8, 4) is 0 Å². The Bertz CT molecular complexity index is 913. The molecular weight excluding hydrogens is 308 g/mol. The lowest BCUT2D eigenvalue weighted by atomic mass is 10.1. The summed E-state index contributed by atoms with van der Waals surface area (Å²) in [6.07, 6.45) is 1.57. The Morgan fingerprint density at radius 1 is 0.720 bits per heavy atom. The predicted molar refractivity (Wildman–Crippen MR) is 101 cm³/mol. The zero-order valence-electron chi connectivity index (χ0n) is 13.9. The Hall–Kier alpha value is -3.27. The average molecular weight is 326 g/mol. The first-order valence-corrected chi connectivity index (χ1v) is 8.25. The van der Waals surface area contributed by atoms with Crippen LogP contribution >= 0.6 is 0 Å². The maximum atomic E-state index is 4.81. The lowest BCUT2D eigenvalue weighted by Crippen LogP contribution is -2.36. The molecular formula is C21H18N4. The highest BCUT2D eigenvalue weighted by Crippen LogP contribution is 2.23. The van der Waals surface area contributed by atoms with Gasteiger partial charge in [0, 0.05) is 23.0 Å². The highest BCUT2D eigenvalue weighted by molar-refractivity contribution is 6.15. The summed E-state index contributed by atoms with van der Waals surface area (Å²) < 4.78 is 0. The van der Waals surface area contributed by atoms with E-state index in [1.807, 2.05) is 73.8 Å². The minimum Gasteiger partial charge on any atom is -0.324 e. The Balaban J connectivity index is 1.77. The monoisotopic (exact) mass is 326 g/mol. The number of benzene rings is 2. The molecule has 0 amide bonds. The second-order valence-electron chi connectivity index (χ2n) is 5.92. The summed E-state index contributed by atoms with van der Waals surface area (Å²) in [7, 11) is 0. The SMILES string of the molecule is Cc1ccc(C2=NC(c3ccccc3)N=C(c3ccccc3)N2)cn1. The van der Waals surface area contributed by atoms with E-state index >= 15 is 0 Å². The Labute approximate surface area is 147 Å². The van der Waals surface area contributed by atoms with Gasteiger partial charge in [-0.15, -0.1) is 0 Å².